The monoisotopic (exact) mass is 372 g/mol. The highest BCUT2D eigenvalue weighted by molar-refractivity contribution is 9.10. The number of nitrogens with zero attached hydrogens (tertiary/aromatic N) is 1. The first kappa shape index (κ1) is 16.7. The lowest BCUT2D eigenvalue weighted by atomic mass is 10.1. The van der Waals surface area contributed by atoms with E-state index in [2.05, 4.69) is 37.6 Å². The molecule has 1 atom stereocenters. The molecule has 18 heavy (non-hydrogen) atoms. The summed E-state index contributed by atoms with van der Waals surface area (Å²) < 4.78 is 1.31. The first-order chi connectivity index (χ1) is 7.86. The molecular weight excluding hydrogens is 355 g/mol. The van der Waals surface area contributed by atoms with Gasteiger partial charge in [0.1, 0.15) is 0 Å². The highest BCUT2D eigenvalue weighted by atomic mass is 79.9. The second kappa shape index (κ2) is 7.46. The molecule has 1 N–H and O–H groups in total. The smallest absolute Gasteiger partial charge is 0.0482 e. The van der Waals surface area contributed by atoms with E-state index in [1.165, 1.54) is 30.4 Å². The predicted molar refractivity (Wildman–Crippen MR) is 86.4 cm³/mol. The van der Waals surface area contributed by atoms with Crippen molar-refractivity contribution < 1.29 is 0 Å². The summed E-state index contributed by atoms with van der Waals surface area (Å²) >= 11 is 5.61. The van der Waals surface area contributed by atoms with Crippen molar-refractivity contribution in [1.82, 2.24) is 10.2 Å². The molecule has 2 aliphatic rings. The second-order valence-corrected chi connectivity index (χ2v) is 6.50. The van der Waals surface area contributed by atoms with Crippen LogP contribution in [0.15, 0.2) is 15.9 Å². The van der Waals surface area contributed by atoms with Gasteiger partial charge >= 0.3 is 0 Å². The Balaban J connectivity index is 0.000000810. The lowest BCUT2D eigenvalue weighted by Gasteiger charge is -2.35. The van der Waals surface area contributed by atoms with Crippen molar-refractivity contribution in [3.63, 3.8) is 0 Å². The molecule has 1 aliphatic carbocycles. The van der Waals surface area contributed by atoms with Crippen LogP contribution in [-0.4, -0.2) is 31.1 Å². The fourth-order valence-corrected chi connectivity index (χ4v) is 4.40. The van der Waals surface area contributed by atoms with E-state index < -0.39 is 0 Å². The van der Waals surface area contributed by atoms with Crippen LogP contribution in [0.3, 0.4) is 0 Å². The summed E-state index contributed by atoms with van der Waals surface area (Å²) in [5.74, 6) is 0.910. The molecule has 2 fully saturated rings. The predicted octanol–water partition coefficient (Wildman–Crippen LogP) is 3.71. The van der Waals surface area contributed by atoms with Crippen molar-refractivity contribution in [3.05, 3.63) is 20.8 Å². The summed E-state index contributed by atoms with van der Waals surface area (Å²) in [7, 11) is 0. The Morgan fingerprint density at radius 1 is 1.28 bits per heavy atom. The third-order valence-corrected chi connectivity index (χ3v) is 5.47. The molecule has 1 aliphatic heterocycles. The standard InChI is InChI=1S/C12H17BrN2S.2ClH/c13-10-3-8-16-12(10)11(9-1-2-9)15-6-4-14-5-7-15;;/h3,8-9,11,14H,1-2,4-7H2;2*1H/t11-;;/m0../s1. The maximum Gasteiger partial charge on any atom is 0.0482 e. The van der Waals surface area contributed by atoms with Crippen LogP contribution in [0.25, 0.3) is 0 Å². The van der Waals surface area contributed by atoms with Crippen molar-refractivity contribution in [1.29, 1.82) is 0 Å². The summed E-state index contributed by atoms with van der Waals surface area (Å²) in [5.41, 5.74) is 0. The van der Waals surface area contributed by atoms with E-state index in [4.69, 9.17) is 0 Å². The Labute approximate surface area is 133 Å². The van der Waals surface area contributed by atoms with Gasteiger partial charge in [0.25, 0.3) is 0 Å². The SMILES string of the molecule is Brc1ccsc1[C@H](C1CC1)N1CCNCC1.Cl.Cl. The van der Waals surface area contributed by atoms with Gasteiger partial charge in [0.05, 0.1) is 0 Å². The van der Waals surface area contributed by atoms with Gasteiger partial charge in [-0.2, -0.15) is 0 Å². The van der Waals surface area contributed by atoms with Gasteiger partial charge in [-0.15, -0.1) is 36.2 Å². The minimum atomic E-state index is 0. The van der Waals surface area contributed by atoms with Gasteiger partial charge in [-0.25, -0.2) is 0 Å². The molecule has 0 amide bonds. The van der Waals surface area contributed by atoms with E-state index in [9.17, 15) is 0 Å². The molecule has 3 rings (SSSR count). The molecule has 0 aromatic carbocycles. The Kier molecular flexibility index (Phi) is 6.93. The number of rotatable bonds is 3. The van der Waals surface area contributed by atoms with E-state index in [0.717, 1.165) is 19.0 Å². The van der Waals surface area contributed by atoms with Crippen LogP contribution in [-0.2, 0) is 0 Å². The highest BCUT2D eigenvalue weighted by Gasteiger charge is 2.38. The zero-order valence-electron chi connectivity index (χ0n) is 10.1. The summed E-state index contributed by atoms with van der Waals surface area (Å²) in [6.45, 7) is 4.69. The molecule has 2 heterocycles. The number of thiophene rings is 1. The van der Waals surface area contributed by atoms with Gasteiger partial charge in [-0.3, -0.25) is 4.90 Å². The first-order valence-electron chi connectivity index (χ1n) is 6.04. The van der Waals surface area contributed by atoms with E-state index >= 15 is 0 Å². The minimum Gasteiger partial charge on any atom is -0.314 e. The zero-order chi connectivity index (χ0) is 11.0. The molecule has 0 spiro atoms. The first-order valence-corrected chi connectivity index (χ1v) is 7.71. The zero-order valence-corrected chi connectivity index (χ0v) is 14.1. The quantitative estimate of drug-likeness (QED) is 0.868. The molecule has 1 aromatic heterocycles. The maximum absolute atomic E-state index is 3.70. The average molecular weight is 374 g/mol. The topological polar surface area (TPSA) is 15.3 Å². The molecule has 0 radical (unpaired) electrons. The van der Waals surface area contributed by atoms with Crippen LogP contribution in [0.1, 0.15) is 23.8 Å². The molecule has 104 valence electrons. The van der Waals surface area contributed by atoms with Crippen LogP contribution in [0.5, 0.6) is 0 Å². The number of halogens is 3. The van der Waals surface area contributed by atoms with Crippen molar-refractivity contribution >= 4 is 52.1 Å². The molecule has 1 saturated carbocycles. The summed E-state index contributed by atoms with van der Waals surface area (Å²) in [6, 6.07) is 2.87. The molecule has 1 aromatic rings. The molecular formula is C12H19BrCl2N2S. The lowest BCUT2D eigenvalue weighted by Crippen LogP contribution is -2.45. The minimum absolute atomic E-state index is 0. The highest BCUT2D eigenvalue weighted by Crippen LogP contribution is 2.48. The van der Waals surface area contributed by atoms with Crippen molar-refractivity contribution in [3.8, 4) is 0 Å². The molecule has 1 saturated heterocycles. The Bertz CT molecular complexity index is 365. The van der Waals surface area contributed by atoms with Gasteiger partial charge in [0.15, 0.2) is 0 Å². The summed E-state index contributed by atoms with van der Waals surface area (Å²) in [6.07, 6.45) is 2.83. The second-order valence-electron chi connectivity index (χ2n) is 4.70. The molecule has 0 unspecified atom stereocenters. The number of nitrogens with one attached hydrogen (secondary N) is 1. The lowest BCUT2D eigenvalue weighted by molar-refractivity contribution is 0.158. The van der Waals surface area contributed by atoms with Crippen LogP contribution in [0, 0.1) is 5.92 Å². The molecule has 2 nitrogen and oxygen atoms in total. The van der Waals surface area contributed by atoms with Crippen LogP contribution < -0.4 is 5.32 Å². The van der Waals surface area contributed by atoms with Gasteiger partial charge in [0, 0.05) is 41.6 Å². The van der Waals surface area contributed by atoms with Crippen LogP contribution in [0.2, 0.25) is 0 Å². The largest absolute Gasteiger partial charge is 0.314 e. The fraction of sp³-hybridized carbons (Fsp3) is 0.667. The van der Waals surface area contributed by atoms with Crippen molar-refractivity contribution in [2.45, 2.75) is 18.9 Å². The summed E-state index contributed by atoms with van der Waals surface area (Å²) in [4.78, 5) is 4.22. The Morgan fingerprint density at radius 3 is 2.44 bits per heavy atom. The third kappa shape index (κ3) is 3.62. The van der Waals surface area contributed by atoms with Crippen molar-refractivity contribution in [2.75, 3.05) is 26.2 Å². The van der Waals surface area contributed by atoms with E-state index in [-0.39, 0.29) is 24.8 Å². The van der Waals surface area contributed by atoms with Crippen LogP contribution in [0.4, 0.5) is 0 Å². The Hall–Kier alpha value is 0.680. The van der Waals surface area contributed by atoms with E-state index in [0.29, 0.717) is 6.04 Å². The number of hydrogen-bond donors (Lipinski definition) is 1. The van der Waals surface area contributed by atoms with Crippen molar-refractivity contribution in [2.24, 2.45) is 5.92 Å². The van der Waals surface area contributed by atoms with Crippen LogP contribution >= 0.6 is 52.1 Å². The van der Waals surface area contributed by atoms with Gasteiger partial charge in [-0.1, -0.05) is 0 Å². The maximum atomic E-state index is 3.70. The third-order valence-electron chi connectivity index (χ3n) is 3.53. The van der Waals surface area contributed by atoms with Gasteiger partial charge in [0.2, 0.25) is 0 Å². The Morgan fingerprint density at radius 2 is 1.94 bits per heavy atom. The number of piperazine rings is 1. The fourth-order valence-electron chi connectivity index (χ4n) is 2.57. The van der Waals surface area contributed by atoms with Gasteiger partial charge in [-0.05, 0) is 46.1 Å². The normalized spacial score (nSPS) is 21.8. The van der Waals surface area contributed by atoms with E-state index in [1.807, 2.05) is 11.3 Å². The summed E-state index contributed by atoms with van der Waals surface area (Å²) in [5, 5.41) is 5.64. The molecule has 6 heteroatoms. The number of hydrogen-bond acceptors (Lipinski definition) is 3. The molecule has 0 bridgehead atoms. The van der Waals surface area contributed by atoms with Gasteiger partial charge < -0.3 is 5.32 Å². The average Bonchev–Trinajstić information content (AvgIpc) is 3.05. The van der Waals surface area contributed by atoms with E-state index in [1.54, 1.807) is 4.88 Å².